The lowest BCUT2D eigenvalue weighted by Gasteiger charge is -2.15. The second kappa shape index (κ2) is 10.3. The maximum atomic E-state index is 7.12. The molecule has 0 amide bonds. The quantitative estimate of drug-likeness (QED) is 0.416. The van der Waals surface area contributed by atoms with Gasteiger partial charge >= 0.3 is 0 Å². The first-order valence-corrected chi connectivity index (χ1v) is 8.90. The van der Waals surface area contributed by atoms with E-state index in [1.807, 2.05) is 24.3 Å². The Hall–Kier alpha value is -3.34. The van der Waals surface area contributed by atoms with Gasteiger partial charge in [-0.25, -0.2) is 9.97 Å². The fourth-order valence-corrected chi connectivity index (χ4v) is 2.64. The summed E-state index contributed by atoms with van der Waals surface area (Å²) in [6, 6.07) is 10.9. The lowest BCUT2D eigenvalue weighted by atomic mass is 10.2. The molecule has 1 N–H and O–H groups in total. The molecule has 0 aliphatic rings. The minimum Gasteiger partial charge on any atom is -0.487 e. The molecule has 3 aromatic rings. The van der Waals surface area contributed by atoms with Crippen molar-refractivity contribution in [3.63, 3.8) is 0 Å². The van der Waals surface area contributed by atoms with Gasteiger partial charge in [-0.15, -0.1) is 6.42 Å². The van der Waals surface area contributed by atoms with Gasteiger partial charge in [0.05, 0.1) is 22.8 Å². The van der Waals surface area contributed by atoms with Gasteiger partial charge in [0, 0.05) is 36.9 Å². The van der Waals surface area contributed by atoms with Crippen LogP contribution in [0.15, 0.2) is 42.7 Å². The number of benzene rings is 2. The van der Waals surface area contributed by atoms with Gasteiger partial charge in [0.25, 0.3) is 0 Å². The summed E-state index contributed by atoms with van der Waals surface area (Å²) in [6.07, 6.45) is 6.93. The molecule has 0 saturated heterocycles. The highest BCUT2D eigenvalue weighted by atomic mass is 16.5. The zero-order valence-corrected chi connectivity index (χ0v) is 16.0. The van der Waals surface area contributed by atoms with Crippen LogP contribution in [0.3, 0.4) is 0 Å². The van der Waals surface area contributed by atoms with Gasteiger partial charge in [-0.3, -0.25) is 0 Å². The number of hydrogen-bond acceptors (Lipinski definition) is 7. The third-order valence-corrected chi connectivity index (χ3v) is 3.98. The van der Waals surface area contributed by atoms with Crippen LogP contribution >= 0.6 is 0 Å². The second-order valence-electron chi connectivity index (χ2n) is 5.93. The fraction of sp³-hybridized carbons (Fsp3) is 0.273. The minimum atomic E-state index is -2.48. The summed E-state index contributed by atoms with van der Waals surface area (Å²) in [5.41, 5.74) is 2.14. The first-order valence-electron chi connectivity index (χ1n) is 10.4. The normalized spacial score (nSPS) is 12.5. The van der Waals surface area contributed by atoms with Crippen molar-refractivity contribution in [2.75, 3.05) is 45.9 Å². The molecule has 0 saturated carbocycles. The van der Waals surface area contributed by atoms with E-state index >= 15 is 0 Å². The first kappa shape index (κ1) is 16.6. The molecule has 0 aliphatic heterocycles. The third kappa shape index (κ3) is 5.35. The molecule has 0 unspecified atom stereocenters. The third-order valence-electron chi connectivity index (χ3n) is 3.98. The fourth-order valence-electron chi connectivity index (χ4n) is 2.64. The van der Waals surface area contributed by atoms with Crippen molar-refractivity contribution < 1.29 is 23.1 Å². The van der Waals surface area contributed by atoms with E-state index in [-0.39, 0.29) is 13.2 Å². The Kier molecular flexibility index (Phi) is 5.88. The molecule has 0 fully saturated rings. The number of methoxy groups -OCH3 is 2. The Morgan fingerprint density at radius 1 is 1.03 bits per heavy atom. The van der Waals surface area contributed by atoms with Crippen LogP contribution in [0.2, 0.25) is 0 Å². The van der Waals surface area contributed by atoms with E-state index in [0.717, 1.165) is 11.3 Å². The molecule has 3 rings (SSSR count). The van der Waals surface area contributed by atoms with Gasteiger partial charge in [0.15, 0.2) is 11.5 Å². The number of ether oxygens (including phenoxy) is 4. The Bertz CT molecular complexity index is 1100. The van der Waals surface area contributed by atoms with Gasteiger partial charge in [-0.1, -0.05) is 12.0 Å². The van der Waals surface area contributed by atoms with Crippen molar-refractivity contribution in [3.8, 4) is 23.8 Å². The van der Waals surface area contributed by atoms with Crippen molar-refractivity contribution in [1.82, 2.24) is 9.97 Å². The monoisotopic (exact) mass is 396 g/mol. The van der Waals surface area contributed by atoms with Crippen LogP contribution in [0.1, 0.15) is 9.68 Å². The standard InChI is InChI=1S/C22H23N3O4/c1-4-16-6-5-7-17(12-16)25-22-18-13-20(28-10-8-26-2)21(29-11-9-27-3)14-19(18)23-15-24-22/h1,5-7,12-15H,8-11H2,2-3H3,(H,23,24,25)/i2D3. The highest BCUT2D eigenvalue weighted by Crippen LogP contribution is 2.35. The van der Waals surface area contributed by atoms with Crippen LogP contribution in [0.25, 0.3) is 10.9 Å². The summed E-state index contributed by atoms with van der Waals surface area (Å²) in [5.74, 6) is 4.00. The number of rotatable bonds is 10. The molecule has 29 heavy (non-hydrogen) atoms. The number of nitrogens with one attached hydrogen (secondary N) is 1. The van der Waals surface area contributed by atoms with E-state index in [1.165, 1.54) is 6.33 Å². The van der Waals surface area contributed by atoms with E-state index in [1.54, 1.807) is 19.2 Å². The van der Waals surface area contributed by atoms with Gasteiger partial charge in [0.1, 0.15) is 25.4 Å². The number of hydrogen-bond donors (Lipinski definition) is 1. The largest absolute Gasteiger partial charge is 0.487 e. The molecule has 1 aromatic heterocycles. The molecule has 2 aromatic carbocycles. The van der Waals surface area contributed by atoms with Gasteiger partial charge in [-0.2, -0.15) is 0 Å². The lowest BCUT2D eigenvalue weighted by molar-refractivity contribution is 0.132. The molecule has 0 bridgehead atoms. The minimum absolute atomic E-state index is 0.0190. The molecule has 0 radical (unpaired) electrons. The Balaban J connectivity index is 1.90. The number of nitrogens with zero attached hydrogens (tertiary/aromatic N) is 2. The average Bonchev–Trinajstić information content (AvgIpc) is 2.77. The first-order chi connectivity index (χ1) is 15.4. The van der Waals surface area contributed by atoms with Crippen LogP contribution < -0.4 is 14.8 Å². The maximum Gasteiger partial charge on any atom is 0.163 e. The Morgan fingerprint density at radius 3 is 2.59 bits per heavy atom. The molecular formula is C22H23N3O4. The molecule has 0 spiro atoms. The predicted octanol–water partition coefficient (Wildman–Crippen LogP) is 3.41. The SMILES string of the molecule is [2H]C([2H])([2H])OCCOc1cc2c(Nc3cccc(C#C)c3)ncnc2cc1OCCOC. The number of terminal acetylenes is 1. The summed E-state index contributed by atoms with van der Waals surface area (Å²) in [7, 11) is -0.907. The Morgan fingerprint density at radius 2 is 1.83 bits per heavy atom. The van der Waals surface area contributed by atoms with Crippen LogP contribution in [0, 0.1) is 12.3 Å². The highest BCUT2D eigenvalue weighted by molar-refractivity contribution is 5.93. The molecule has 7 nitrogen and oxygen atoms in total. The van der Waals surface area contributed by atoms with Crippen molar-refractivity contribution >= 4 is 22.4 Å². The number of fused-ring (bicyclic) bond motifs is 1. The van der Waals surface area contributed by atoms with E-state index in [2.05, 4.69) is 21.2 Å². The van der Waals surface area contributed by atoms with E-state index in [9.17, 15) is 0 Å². The Labute approximate surface area is 174 Å². The molecule has 0 atom stereocenters. The molecular weight excluding hydrogens is 370 g/mol. The van der Waals surface area contributed by atoms with Crippen molar-refractivity contribution in [2.45, 2.75) is 0 Å². The summed E-state index contributed by atoms with van der Waals surface area (Å²) >= 11 is 0. The second-order valence-corrected chi connectivity index (χ2v) is 5.93. The zero-order valence-electron chi connectivity index (χ0n) is 19.0. The highest BCUT2D eigenvalue weighted by Gasteiger charge is 2.13. The summed E-state index contributed by atoms with van der Waals surface area (Å²) in [6.45, 7) is 0.605. The van der Waals surface area contributed by atoms with E-state index in [4.69, 9.17) is 29.5 Å². The van der Waals surface area contributed by atoms with Gasteiger partial charge in [-0.05, 0) is 24.3 Å². The van der Waals surface area contributed by atoms with Crippen molar-refractivity contribution in [2.24, 2.45) is 0 Å². The smallest absolute Gasteiger partial charge is 0.163 e. The number of anilines is 2. The maximum absolute atomic E-state index is 7.12. The van der Waals surface area contributed by atoms with Crippen LogP contribution in [0.5, 0.6) is 11.5 Å². The van der Waals surface area contributed by atoms with Crippen LogP contribution in [-0.2, 0) is 9.47 Å². The predicted molar refractivity (Wildman–Crippen MR) is 112 cm³/mol. The molecule has 7 heteroatoms. The van der Waals surface area contributed by atoms with Crippen LogP contribution in [-0.4, -0.2) is 50.5 Å². The van der Waals surface area contributed by atoms with E-state index in [0.29, 0.717) is 41.4 Å². The zero-order chi connectivity index (χ0) is 23.0. The van der Waals surface area contributed by atoms with E-state index < -0.39 is 7.04 Å². The van der Waals surface area contributed by atoms with Crippen molar-refractivity contribution in [1.29, 1.82) is 0 Å². The molecule has 1 heterocycles. The topological polar surface area (TPSA) is 74.7 Å². The summed E-state index contributed by atoms with van der Waals surface area (Å²) < 4.78 is 42.7. The molecule has 150 valence electrons. The average molecular weight is 396 g/mol. The summed E-state index contributed by atoms with van der Waals surface area (Å²) in [4.78, 5) is 8.67. The van der Waals surface area contributed by atoms with Crippen LogP contribution in [0.4, 0.5) is 11.5 Å². The number of aromatic nitrogens is 2. The summed E-state index contributed by atoms with van der Waals surface area (Å²) in [5, 5.41) is 3.93. The van der Waals surface area contributed by atoms with Gasteiger partial charge < -0.3 is 24.3 Å². The van der Waals surface area contributed by atoms with Gasteiger partial charge in [0.2, 0.25) is 0 Å². The lowest BCUT2D eigenvalue weighted by Crippen LogP contribution is -2.09. The van der Waals surface area contributed by atoms with Crippen molar-refractivity contribution in [3.05, 3.63) is 48.3 Å². The molecule has 0 aliphatic carbocycles.